The largest absolute Gasteiger partial charge is 0.347 e. The van der Waals surface area contributed by atoms with Crippen LogP contribution in [0, 0.1) is 6.92 Å². The monoisotopic (exact) mass is 225 g/mol. The second-order valence-corrected chi connectivity index (χ2v) is 4.39. The Morgan fingerprint density at radius 1 is 1.18 bits per heavy atom. The molecule has 0 spiro atoms. The number of hydrogen-bond acceptors (Lipinski definition) is 0. The first kappa shape index (κ1) is 11.7. The van der Waals surface area contributed by atoms with Crippen molar-refractivity contribution in [2.24, 2.45) is 0 Å². The predicted molar refractivity (Wildman–Crippen MR) is 73.2 cm³/mol. The molecule has 1 heterocycles. The molecule has 0 aliphatic rings. The lowest BCUT2D eigenvalue weighted by atomic mass is 10.1. The highest BCUT2D eigenvalue weighted by Gasteiger charge is 2.05. The molecule has 1 nitrogen and oxygen atoms in total. The maximum atomic E-state index is 3.79. The number of allylic oxidation sites excluding steroid dienone is 1. The average Bonchev–Trinajstić information content (AvgIpc) is 2.69. The molecule has 0 aliphatic heterocycles. The molecule has 0 amide bonds. The highest BCUT2D eigenvalue weighted by atomic mass is 15.0. The SMILES string of the molecule is C=CCCc1c(C)ccn1Cc1ccccc1. The summed E-state index contributed by atoms with van der Waals surface area (Å²) in [6.45, 7) is 6.93. The second-order valence-electron chi connectivity index (χ2n) is 4.39. The van der Waals surface area contributed by atoms with Crippen LogP contribution in [-0.4, -0.2) is 4.57 Å². The van der Waals surface area contributed by atoms with E-state index in [0.29, 0.717) is 0 Å². The fourth-order valence-corrected chi connectivity index (χ4v) is 2.12. The van der Waals surface area contributed by atoms with E-state index in [1.54, 1.807) is 0 Å². The number of benzene rings is 1. The first-order valence-electron chi connectivity index (χ1n) is 6.10. The zero-order chi connectivity index (χ0) is 12.1. The summed E-state index contributed by atoms with van der Waals surface area (Å²) in [5.74, 6) is 0. The van der Waals surface area contributed by atoms with Gasteiger partial charge in [0, 0.05) is 18.4 Å². The normalized spacial score (nSPS) is 10.4. The van der Waals surface area contributed by atoms with Crippen LogP contribution in [0.2, 0.25) is 0 Å². The van der Waals surface area contributed by atoms with Crippen LogP contribution in [0.4, 0.5) is 0 Å². The predicted octanol–water partition coefficient (Wildman–Crippen LogP) is 3.96. The molecule has 0 aliphatic carbocycles. The maximum Gasteiger partial charge on any atom is 0.0472 e. The minimum Gasteiger partial charge on any atom is -0.347 e. The molecule has 1 aromatic heterocycles. The van der Waals surface area contributed by atoms with Crippen LogP contribution in [0.5, 0.6) is 0 Å². The third-order valence-corrected chi connectivity index (χ3v) is 3.09. The van der Waals surface area contributed by atoms with Crippen LogP contribution >= 0.6 is 0 Å². The van der Waals surface area contributed by atoms with Crippen molar-refractivity contribution >= 4 is 0 Å². The van der Waals surface area contributed by atoms with E-state index in [-0.39, 0.29) is 0 Å². The number of rotatable bonds is 5. The van der Waals surface area contributed by atoms with E-state index in [1.165, 1.54) is 16.8 Å². The van der Waals surface area contributed by atoms with Crippen LogP contribution in [0.1, 0.15) is 23.2 Å². The quantitative estimate of drug-likeness (QED) is 0.679. The Labute approximate surface area is 103 Å². The third kappa shape index (κ3) is 2.88. The van der Waals surface area contributed by atoms with Gasteiger partial charge in [-0.1, -0.05) is 36.4 Å². The molecule has 0 N–H and O–H groups in total. The summed E-state index contributed by atoms with van der Waals surface area (Å²) in [5.41, 5.74) is 4.15. The molecule has 1 aromatic carbocycles. The Hall–Kier alpha value is -1.76. The van der Waals surface area contributed by atoms with Gasteiger partial charge in [-0.3, -0.25) is 0 Å². The lowest BCUT2D eigenvalue weighted by Gasteiger charge is -2.10. The van der Waals surface area contributed by atoms with E-state index in [2.05, 4.69) is 60.7 Å². The second kappa shape index (κ2) is 5.53. The molecule has 0 unspecified atom stereocenters. The van der Waals surface area contributed by atoms with Crippen molar-refractivity contribution in [3.63, 3.8) is 0 Å². The molecule has 17 heavy (non-hydrogen) atoms. The van der Waals surface area contributed by atoms with Crippen molar-refractivity contribution in [2.75, 3.05) is 0 Å². The van der Waals surface area contributed by atoms with Crippen molar-refractivity contribution in [3.8, 4) is 0 Å². The Bertz CT molecular complexity index is 479. The molecule has 0 bridgehead atoms. The van der Waals surface area contributed by atoms with Gasteiger partial charge in [0.2, 0.25) is 0 Å². The number of aryl methyl sites for hydroxylation is 1. The van der Waals surface area contributed by atoms with Crippen LogP contribution in [0.15, 0.2) is 55.3 Å². The fourth-order valence-electron chi connectivity index (χ4n) is 2.12. The molecule has 0 atom stereocenters. The van der Waals surface area contributed by atoms with Crippen LogP contribution in [-0.2, 0) is 13.0 Å². The molecule has 0 saturated carbocycles. The van der Waals surface area contributed by atoms with E-state index < -0.39 is 0 Å². The van der Waals surface area contributed by atoms with Gasteiger partial charge >= 0.3 is 0 Å². The van der Waals surface area contributed by atoms with Gasteiger partial charge in [0.05, 0.1) is 0 Å². The molecule has 0 saturated heterocycles. The summed E-state index contributed by atoms with van der Waals surface area (Å²) in [7, 11) is 0. The van der Waals surface area contributed by atoms with Gasteiger partial charge in [-0.05, 0) is 37.0 Å². The first-order chi connectivity index (χ1) is 8.31. The maximum absolute atomic E-state index is 3.79. The summed E-state index contributed by atoms with van der Waals surface area (Å²) in [5, 5.41) is 0. The summed E-state index contributed by atoms with van der Waals surface area (Å²) in [6, 6.07) is 12.8. The lowest BCUT2D eigenvalue weighted by molar-refractivity contribution is 0.733. The minimum absolute atomic E-state index is 0.959. The summed E-state index contributed by atoms with van der Waals surface area (Å²) < 4.78 is 2.34. The van der Waals surface area contributed by atoms with E-state index >= 15 is 0 Å². The average molecular weight is 225 g/mol. The summed E-state index contributed by atoms with van der Waals surface area (Å²) in [6.07, 6.45) is 6.29. The third-order valence-electron chi connectivity index (χ3n) is 3.09. The van der Waals surface area contributed by atoms with Crippen molar-refractivity contribution in [2.45, 2.75) is 26.3 Å². The number of aromatic nitrogens is 1. The molecule has 2 aromatic rings. The van der Waals surface area contributed by atoms with E-state index in [4.69, 9.17) is 0 Å². The van der Waals surface area contributed by atoms with Gasteiger partial charge in [-0.15, -0.1) is 6.58 Å². The highest BCUT2D eigenvalue weighted by molar-refractivity contribution is 5.24. The van der Waals surface area contributed by atoms with E-state index in [1.807, 2.05) is 6.08 Å². The molecule has 88 valence electrons. The zero-order valence-corrected chi connectivity index (χ0v) is 10.4. The van der Waals surface area contributed by atoms with Gasteiger partial charge in [-0.25, -0.2) is 0 Å². The summed E-state index contributed by atoms with van der Waals surface area (Å²) in [4.78, 5) is 0. The number of nitrogens with zero attached hydrogens (tertiary/aromatic N) is 1. The van der Waals surface area contributed by atoms with Crippen molar-refractivity contribution < 1.29 is 0 Å². The Balaban J connectivity index is 2.18. The molecule has 0 radical (unpaired) electrons. The minimum atomic E-state index is 0.959. The first-order valence-corrected chi connectivity index (χ1v) is 6.10. The van der Waals surface area contributed by atoms with Crippen molar-refractivity contribution in [3.05, 3.63) is 72.1 Å². The van der Waals surface area contributed by atoms with E-state index in [9.17, 15) is 0 Å². The van der Waals surface area contributed by atoms with Crippen LogP contribution < -0.4 is 0 Å². The van der Waals surface area contributed by atoms with Gasteiger partial charge in [-0.2, -0.15) is 0 Å². The molecule has 1 heteroatoms. The van der Waals surface area contributed by atoms with Gasteiger partial charge in [0.15, 0.2) is 0 Å². The Morgan fingerprint density at radius 2 is 1.94 bits per heavy atom. The van der Waals surface area contributed by atoms with Gasteiger partial charge < -0.3 is 4.57 Å². The Morgan fingerprint density at radius 3 is 2.65 bits per heavy atom. The standard InChI is InChI=1S/C16H19N/c1-3-4-10-16-14(2)11-12-17(16)13-15-8-6-5-7-9-15/h3,5-9,11-12H,1,4,10,13H2,2H3. The lowest BCUT2D eigenvalue weighted by Crippen LogP contribution is -2.04. The smallest absolute Gasteiger partial charge is 0.0472 e. The van der Waals surface area contributed by atoms with Gasteiger partial charge in [0.1, 0.15) is 0 Å². The van der Waals surface area contributed by atoms with Gasteiger partial charge in [0.25, 0.3) is 0 Å². The molecular weight excluding hydrogens is 206 g/mol. The number of hydrogen-bond donors (Lipinski definition) is 0. The van der Waals surface area contributed by atoms with Crippen molar-refractivity contribution in [1.82, 2.24) is 4.57 Å². The van der Waals surface area contributed by atoms with Crippen LogP contribution in [0.25, 0.3) is 0 Å². The fraction of sp³-hybridized carbons (Fsp3) is 0.250. The summed E-state index contributed by atoms with van der Waals surface area (Å²) >= 11 is 0. The Kier molecular flexibility index (Phi) is 3.81. The molecular formula is C16H19N. The van der Waals surface area contributed by atoms with E-state index in [0.717, 1.165) is 19.4 Å². The zero-order valence-electron chi connectivity index (χ0n) is 10.4. The highest BCUT2D eigenvalue weighted by Crippen LogP contribution is 2.14. The topological polar surface area (TPSA) is 4.93 Å². The van der Waals surface area contributed by atoms with Crippen molar-refractivity contribution in [1.29, 1.82) is 0 Å². The molecule has 2 rings (SSSR count). The van der Waals surface area contributed by atoms with Crippen LogP contribution in [0.3, 0.4) is 0 Å². The molecule has 0 fully saturated rings.